The average molecular weight is 273 g/mol. The summed E-state index contributed by atoms with van der Waals surface area (Å²) in [6.07, 6.45) is 0.575. The SMILES string of the molecule is C[C@@H](CC(=O)CS)c1ccc(Br)cc1. The lowest BCUT2D eigenvalue weighted by Gasteiger charge is -2.10. The Morgan fingerprint density at radius 1 is 1.43 bits per heavy atom. The van der Waals surface area contributed by atoms with Crippen LogP contribution in [0, 0.1) is 0 Å². The van der Waals surface area contributed by atoms with Crippen molar-refractivity contribution in [3.05, 3.63) is 34.3 Å². The van der Waals surface area contributed by atoms with E-state index in [9.17, 15) is 4.79 Å². The third-order valence-electron chi connectivity index (χ3n) is 2.15. The zero-order chi connectivity index (χ0) is 10.6. The van der Waals surface area contributed by atoms with Crippen LogP contribution in [0.2, 0.25) is 0 Å². The van der Waals surface area contributed by atoms with E-state index in [0.717, 1.165) is 4.47 Å². The molecule has 0 fully saturated rings. The highest BCUT2D eigenvalue weighted by Gasteiger charge is 2.09. The molecule has 0 aliphatic carbocycles. The van der Waals surface area contributed by atoms with Crippen molar-refractivity contribution < 1.29 is 4.79 Å². The van der Waals surface area contributed by atoms with Crippen molar-refractivity contribution in [3.8, 4) is 0 Å². The first-order valence-corrected chi connectivity index (χ1v) is 5.94. The number of Topliss-reactive ketones (excluding diaryl/α,β-unsaturated/α-hetero) is 1. The predicted octanol–water partition coefficient (Wildman–Crippen LogP) is 3.44. The van der Waals surface area contributed by atoms with Gasteiger partial charge in [0.15, 0.2) is 0 Å². The van der Waals surface area contributed by atoms with Crippen LogP contribution in [0.15, 0.2) is 28.7 Å². The Labute approximate surface area is 98.4 Å². The van der Waals surface area contributed by atoms with Crippen LogP contribution in [-0.2, 0) is 4.79 Å². The van der Waals surface area contributed by atoms with Crippen molar-refractivity contribution in [1.82, 2.24) is 0 Å². The van der Waals surface area contributed by atoms with Crippen molar-refractivity contribution in [2.75, 3.05) is 5.75 Å². The van der Waals surface area contributed by atoms with E-state index >= 15 is 0 Å². The van der Waals surface area contributed by atoms with Gasteiger partial charge < -0.3 is 0 Å². The van der Waals surface area contributed by atoms with Gasteiger partial charge in [-0.05, 0) is 23.6 Å². The smallest absolute Gasteiger partial charge is 0.143 e. The number of thiol groups is 1. The van der Waals surface area contributed by atoms with E-state index < -0.39 is 0 Å². The summed E-state index contributed by atoms with van der Waals surface area (Å²) in [5.41, 5.74) is 1.20. The molecule has 1 rings (SSSR count). The molecule has 0 amide bonds. The van der Waals surface area contributed by atoms with Crippen LogP contribution in [0.5, 0.6) is 0 Å². The number of benzene rings is 1. The molecule has 76 valence electrons. The molecule has 0 saturated carbocycles. The maximum absolute atomic E-state index is 11.2. The number of ketones is 1. The summed E-state index contributed by atoms with van der Waals surface area (Å²) >= 11 is 7.34. The fourth-order valence-corrected chi connectivity index (χ4v) is 1.71. The molecule has 0 bridgehead atoms. The molecule has 0 radical (unpaired) electrons. The Morgan fingerprint density at radius 3 is 2.50 bits per heavy atom. The summed E-state index contributed by atoms with van der Waals surface area (Å²) in [7, 11) is 0. The first kappa shape index (κ1) is 11.8. The van der Waals surface area contributed by atoms with E-state index in [2.05, 4.69) is 35.5 Å². The second-order valence-corrected chi connectivity index (χ2v) is 4.59. The molecule has 1 aromatic rings. The quantitative estimate of drug-likeness (QED) is 0.831. The lowest BCUT2D eigenvalue weighted by atomic mass is 9.96. The van der Waals surface area contributed by atoms with Crippen LogP contribution in [0.25, 0.3) is 0 Å². The second kappa shape index (κ2) is 5.56. The lowest BCUT2D eigenvalue weighted by molar-refractivity contribution is -0.116. The van der Waals surface area contributed by atoms with Crippen molar-refractivity contribution in [2.45, 2.75) is 19.3 Å². The van der Waals surface area contributed by atoms with Gasteiger partial charge in [-0.1, -0.05) is 35.0 Å². The van der Waals surface area contributed by atoms with Crippen molar-refractivity contribution in [1.29, 1.82) is 0 Å². The first-order valence-electron chi connectivity index (χ1n) is 4.51. The summed E-state index contributed by atoms with van der Waals surface area (Å²) < 4.78 is 1.06. The van der Waals surface area contributed by atoms with Crippen molar-refractivity contribution >= 4 is 34.3 Å². The van der Waals surface area contributed by atoms with Gasteiger partial charge in [0.1, 0.15) is 5.78 Å². The van der Waals surface area contributed by atoms with E-state index in [4.69, 9.17) is 0 Å². The van der Waals surface area contributed by atoms with Crippen LogP contribution in [-0.4, -0.2) is 11.5 Å². The number of carbonyl (C=O) groups is 1. The number of hydrogen-bond donors (Lipinski definition) is 1. The molecule has 0 aliphatic heterocycles. The number of hydrogen-bond acceptors (Lipinski definition) is 2. The highest BCUT2D eigenvalue weighted by molar-refractivity contribution is 9.10. The van der Waals surface area contributed by atoms with Crippen LogP contribution < -0.4 is 0 Å². The highest BCUT2D eigenvalue weighted by Crippen LogP contribution is 2.21. The van der Waals surface area contributed by atoms with Gasteiger partial charge in [-0.2, -0.15) is 12.6 Å². The molecular formula is C11H13BrOS. The largest absolute Gasteiger partial charge is 0.299 e. The van der Waals surface area contributed by atoms with E-state index in [1.807, 2.05) is 24.3 Å². The molecule has 1 aromatic carbocycles. The minimum Gasteiger partial charge on any atom is -0.299 e. The molecule has 3 heteroatoms. The molecule has 1 atom stereocenters. The lowest BCUT2D eigenvalue weighted by Crippen LogP contribution is -2.05. The monoisotopic (exact) mass is 272 g/mol. The van der Waals surface area contributed by atoms with Gasteiger partial charge in [-0.25, -0.2) is 0 Å². The van der Waals surface area contributed by atoms with Gasteiger partial charge in [0, 0.05) is 16.6 Å². The molecule has 0 unspecified atom stereocenters. The van der Waals surface area contributed by atoms with Crippen LogP contribution >= 0.6 is 28.6 Å². The zero-order valence-electron chi connectivity index (χ0n) is 8.03. The van der Waals surface area contributed by atoms with E-state index in [1.54, 1.807) is 0 Å². The number of rotatable bonds is 4. The predicted molar refractivity (Wildman–Crippen MR) is 66.0 cm³/mol. The highest BCUT2D eigenvalue weighted by atomic mass is 79.9. The minimum absolute atomic E-state index is 0.198. The Balaban J connectivity index is 2.65. The Bertz CT molecular complexity index is 308. The average Bonchev–Trinajstić information content (AvgIpc) is 2.18. The summed E-state index contributed by atoms with van der Waals surface area (Å²) in [5.74, 6) is 0.812. The second-order valence-electron chi connectivity index (χ2n) is 3.35. The maximum atomic E-state index is 11.2. The summed E-state index contributed by atoms with van der Waals surface area (Å²) in [4.78, 5) is 11.2. The van der Waals surface area contributed by atoms with Crippen LogP contribution in [0.3, 0.4) is 0 Å². The Kier molecular flexibility index (Phi) is 4.69. The molecule has 0 saturated heterocycles. The maximum Gasteiger partial charge on any atom is 0.143 e. The molecule has 0 aromatic heterocycles. The Morgan fingerprint density at radius 2 is 2.00 bits per heavy atom. The number of carbonyl (C=O) groups excluding carboxylic acids is 1. The molecule has 1 nitrogen and oxygen atoms in total. The Hall–Kier alpha value is -0.280. The van der Waals surface area contributed by atoms with E-state index in [1.165, 1.54) is 5.56 Å². The summed E-state index contributed by atoms with van der Waals surface area (Å²) in [6.45, 7) is 2.06. The summed E-state index contributed by atoms with van der Waals surface area (Å²) in [6, 6.07) is 8.08. The third-order valence-corrected chi connectivity index (χ3v) is 3.03. The van der Waals surface area contributed by atoms with Crippen LogP contribution in [0.4, 0.5) is 0 Å². The standard InChI is InChI=1S/C11H13BrOS/c1-8(6-11(13)7-14)9-2-4-10(12)5-3-9/h2-5,8,14H,6-7H2,1H3/t8-/m0/s1. The molecule has 14 heavy (non-hydrogen) atoms. The first-order chi connectivity index (χ1) is 6.63. The fraction of sp³-hybridized carbons (Fsp3) is 0.364. The third kappa shape index (κ3) is 3.46. The van der Waals surface area contributed by atoms with Gasteiger partial charge in [-0.15, -0.1) is 0 Å². The molecule has 0 spiro atoms. The minimum atomic E-state index is 0.198. The van der Waals surface area contributed by atoms with Gasteiger partial charge in [0.2, 0.25) is 0 Å². The number of halogens is 1. The molecular weight excluding hydrogens is 260 g/mol. The van der Waals surface area contributed by atoms with E-state index in [-0.39, 0.29) is 11.7 Å². The molecule has 0 aliphatic rings. The van der Waals surface area contributed by atoms with Gasteiger partial charge in [0.25, 0.3) is 0 Å². The summed E-state index contributed by atoms with van der Waals surface area (Å²) in [5, 5.41) is 0. The topological polar surface area (TPSA) is 17.1 Å². The van der Waals surface area contributed by atoms with Gasteiger partial charge in [0.05, 0.1) is 0 Å². The molecule has 0 N–H and O–H groups in total. The van der Waals surface area contributed by atoms with Gasteiger partial charge in [-0.3, -0.25) is 4.79 Å². The fourth-order valence-electron chi connectivity index (χ4n) is 1.32. The van der Waals surface area contributed by atoms with Crippen LogP contribution in [0.1, 0.15) is 24.8 Å². The van der Waals surface area contributed by atoms with Crippen molar-refractivity contribution in [3.63, 3.8) is 0 Å². The van der Waals surface area contributed by atoms with Crippen molar-refractivity contribution in [2.24, 2.45) is 0 Å². The molecule has 0 heterocycles. The van der Waals surface area contributed by atoms with E-state index in [0.29, 0.717) is 12.2 Å². The normalized spacial score (nSPS) is 12.5. The zero-order valence-corrected chi connectivity index (χ0v) is 10.5. The van der Waals surface area contributed by atoms with Gasteiger partial charge >= 0.3 is 0 Å².